The van der Waals surface area contributed by atoms with Gasteiger partial charge in [-0.05, 0) is 41.5 Å². The van der Waals surface area contributed by atoms with Crippen LogP contribution in [0.2, 0.25) is 0 Å². The van der Waals surface area contributed by atoms with E-state index in [1.807, 2.05) is 20.8 Å². The van der Waals surface area contributed by atoms with Gasteiger partial charge in [-0.25, -0.2) is 4.79 Å². The number of amides is 2. The Bertz CT molecular complexity index is 233. The van der Waals surface area contributed by atoms with Crippen molar-refractivity contribution in [2.24, 2.45) is 0 Å². The van der Waals surface area contributed by atoms with E-state index in [-0.39, 0.29) is 18.0 Å². The molecule has 0 saturated heterocycles. The fourth-order valence-electron chi connectivity index (χ4n) is 0.929. The zero-order chi connectivity index (χ0) is 13.0. The molecule has 0 aromatic heterocycles. The Morgan fingerprint density at radius 2 is 1.56 bits per heavy atom. The summed E-state index contributed by atoms with van der Waals surface area (Å²) in [5, 5.41) is 5.12. The van der Waals surface area contributed by atoms with Gasteiger partial charge in [-0.2, -0.15) is 0 Å². The molecule has 0 aliphatic rings. The van der Waals surface area contributed by atoms with Crippen LogP contribution in [0.4, 0.5) is 4.79 Å². The highest BCUT2D eigenvalue weighted by Gasteiger charge is 2.18. The molecule has 5 nitrogen and oxygen atoms in total. The van der Waals surface area contributed by atoms with Crippen LogP contribution >= 0.6 is 0 Å². The van der Waals surface area contributed by atoms with E-state index >= 15 is 0 Å². The van der Waals surface area contributed by atoms with Gasteiger partial charge in [-0.1, -0.05) is 0 Å². The van der Waals surface area contributed by atoms with Crippen molar-refractivity contribution in [1.82, 2.24) is 10.6 Å². The first-order valence-corrected chi connectivity index (χ1v) is 5.27. The molecule has 0 atom stereocenters. The van der Waals surface area contributed by atoms with Gasteiger partial charge in [0.25, 0.3) is 0 Å². The number of nitrogens with one attached hydrogen (secondary N) is 2. The topological polar surface area (TPSA) is 67.4 Å². The lowest BCUT2D eigenvalue weighted by atomic mass is 10.1. The van der Waals surface area contributed by atoms with Crippen LogP contribution < -0.4 is 10.6 Å². The minimum Gasteiger partial charge on any atom is -0.444 e. The van der Waals surface area contributed by atoms with Gasteiger partial charge in [0.2, 0.25) is 5.91 Å². The van der Waals surface area contributed by atoms with Gasteiger partial charge in [-0.3, -0.25) is 4.79 Å². The van der Waals surface area contributed by atoms with Gasteiger partial charge >= 0.3 is 6.09 Å². The van der Waals surface area contributed by atoms with Crippen LogP contribution in [0.15, 0.2) is 0 Å². The average Bonchev–Trinajstić information content (AvgIpc) is 1.94. The Morgan fingerprint density at radius 1 is 1.06 bits per heavy atom. The summed E-state index contributed by atoms with van der Waals surface area (Å²) in [5.74, 6) is -0.238. The van der Waals surface area contributed by atoms with E-state index in [0.717, 1.165) is 0 Å². The van der Waals surface area contributed by atoms with E-state index in [2.05, 4.69) is 10.6 Å². The summed E-state index contributed by atoms with van der Waals surface area (Å²) in [4.78, 5) is 22.6. The van der Waals surface area contributed by atoms with Gasteiger partial charge in [0.15, 0.2) is 0 Å². The number of carbonyl (C=O) groups excluding carboxylic acids is 2. The smallest absolute Gasteiger partial charge is 0.408 e. The van der Waals surface area contributed by atoms with Crippen molar-refractivity contribution in [3.63, 3.8) is 0 Å². The molecule has 2 N–H and O–H groups in total. The first-order valence-electron chi connectivity index (χ1n) is 5.27. The molecule has 0 fully saturated rings. The van der Waals surface area contributed by atoms with Crippen LogP contribution in [0, 0.1) is 0 Å². The minimum absolute atomic E-state index is 0.0772. The van der Waals surface area contributed by atoms with Gasteiger partial charge in [0, 0.05) is 5.54 Å². The maximum Gasteiger partial charge on any atom is 0.408 e. The molecule has 0 radical (unpaired) electrons. The van der Waals surface area contributed by atoms with Crippen molar-refractivity contribution in [1.29, 1.82) is 0 Å². The summed E-state index contributed by atoms with van der Waals surface area (Å²) in [7, 11) is 0. The molecule has 0 bridgehead atoms. The molecule has 0 unspecified atom stereocenters. The van der Waals surface area contributed by atoms with Gasteiger partial charge in [0.1, 0.15) is 12.1 Å². The Labute approximate surface area is 96.9 Å². The molecular formula is C11H22N2O3. The molecule has 2 amide bonds. The fraction of sp³-hybridized carbons (Fsp3) is 0.818. The Balaban J connectivity index is 3.90. The predicted molar refractivity (Wildman–Crippen MR) is 62.1 cm³/mol. The van der Waals surface area contributed by atoms with Crippen LogP contribution in [0.5, 0.6) is 0 Å². The van der Waals surface area contributed by atoms with E-state index in [0.29, 0.717) is 0 Å². The fourth-order valence-corrected chi connectivity index (χ4v) is 0.929. The molecule has 0 rings (SSSR count). The predicted octanol–water partition coefficient (Wildman–Crippen LogP) is 1.43. The summed E-state index contributed by atoms with van der Waals surface area (Å²) in [6.07, 6.45) is -0.587. The third-order valence-corrected chi connectivity index (χ3v) is 1.31. The van der Waals surface area contributed by atoms with Crippen LogP contribution in [0.25, 0.3) is 0 Å². The lowest BCUT2D eigenvalue weighted by molar-refractivity contribution is -0.121. The lowest BCUT2D eigenvalue weighted by Crippen LogP contribution is -2.46. The van der Waals surface area contributed by atoms with Crippen molar-refractivity contribution < 1.29 is 14.3 Å². The summed E-state index contributed by atoms with van der Waals surface area (Å²) < 4.78 is 4.99. The second-order valence-electron chi connectivity index (χ2n) is 5.65. The van der Waals surface area contributed by atoms with E-state index in [4.69, 9.17) is 4.74 Å². The third kappa shape index (κ3) is 9.30. The summed E-state index contributed by atoms with van der Waals surface area (Å²) in [6.45, 7) is 10.8. The second-order valence-corrected chi connectivity index (χ2v) is 5.65. The highest BCUT2D eigenvalue weighted by atomic mass is 16.6. The Morgan fingerprint density at radius 3 is 1.94 bits per heavy atom. The number of ether oxygens (including phenoxy) is 1. The number of alkyl carbamates (subject to hydrolysis) is 1. The molecule has 5 heteroatoms. The molecular weight excluding hydrogens is 208 g/mol. The third-order valence-electron chi connectivity index (χ3n) is 1.31. The molecule has 0 aliphatic heterocycles. The van der Waals surface area contributed by atoms with Gasteiger partial charge in [-0.15, -0.1) is 0 Å². The SMILES string of the molecule is CC(C)(C)NC(=O)CNC(=O)OC(C)(C)C. The molecule has 0 aromatic carbocycles. The molecule has 0 heterocycles. The summed E-state index contributed by atoms with van der Waals surface area (Å²) >= 11 is 0. The molecule has 0 spiro atoms. The monoisotopic (exact) mass is 230 g/mol. The van der Waals surface area contributed by atoms with Crippen LogP contribution in [0.3, 0.4) is 0 Å². The quantitative estimate of drug-likeness (QED) is 0.754. The number of hydrogen-bond donors (Lipinski definition) is 2. The van der Waals surface area contributed by atoms with Crippen molar-refractivity contribution >= 4 is 12.0 Å². The van der Waals surface area contributed by atoms with Crippen molar-refractivity contribution in [3.05, 3.63) is 0 Å². The van der Waals surface area contributed by atoms with Gasteiger partial charge in [0.05, 0.1) is 0 Å². The Hall–Kier alpha value is -1.26. The number of hydrogen-bond acceptors (Lipinski definition) is 3. The van der Waals surface area contributed by atoms with Crippen molar-refractivity contribution in [2.45, 2.75) is 52.7 Å². The van der Waals surface area contributed by atoms with E-state index in [1.165, 1.54) is 0 Å². The van der Waals surface area contributed by atoms with Crippen molar-refractivity contribution in [2.75, 3.05) is 6.54 Å². The molecule has 0 aliphatic carbocycles. The summed E-state index contributed by atoms with van der Waals surface area (Å²) in [5.41, 5.74) is -0.850. The highest BCUT2D eigenvalue weighted by molar-refractivity contribution is 5.82. The first-order chi connectivity index (χ1) is 6.99. The Kier molecular flexibility index (Phi) is 4.78. The second kappa shape index (κ2) is 5.18. The number of rotatable bonds is 2. The molecule has 94 valence electrons. The molecule has 16 heavy (non-hydrogen) atoms. The lowest BCUT2D eigenvalue weighted by Gasteiger charge is -2.22. The summed E-state index contributed by atoms with van der Waals surface area (Å²) in [6, 6.07) is 0. The van der Waals surface area contributed by atoms with E-state index in [1.54, 1.807) is 20.8 Å². The maximum absolute atomic E-state index is 11.3. The van der Waals surface area contributed by atoms with Crippen LogP contribution in [-0.4, -0.2) is 29.7 Å². The van der Waals surface area contributed by atoms with E-state index in [9.17, 15) is 9.59 Å². The van der Waals surface area contributed by atoms with E-state index < -0.39 is 11.7 Å². The van der Waals surface area contributed by atoms with Crippen LogP contribution in [0.1, 0.15) is 41.5 Å². The highest BCUT2D eigenvalue weighted by Crippen LogP contribution is 2.06. The van der Waals surface area contributed by atoms with Crippen molar-refractivity contribution in [3.8, 4) is 0 Å². The van der Waals surface area contributed by atoms with Gasteiger partial charge < -0.3 is 15.4 Å². The average molecular weight is 230 g/mol. The standard InChI is InChI=1S/C11H22N2O3/c1-10(2,3)13-8(14)7-12-9(15)16-11(4,5)6/h7H2,1-6H3,(H,12,15)(H,13,14). The van der Waals surface area contributed by atoms with Crippen LogP contribution in [-0.2, 0) is 9.53 Å². The molecule has 0 saturated carbocycles. The normalized spacial score (nSPS) is 11.9. The zero-order valence-electron chi connectivity index (χ0n) is 10.9. The largest absolute Gasteiger partial charge is 0.444 e. The minimum atomic E-state index is -0.587. The number of carbonyl (C=O) groups is 2. The first kappa shape index (κ1) is 14.7. The maximum atomic E-state index is 11.3. The zero-order valence-corrected chi connectivity index (χ0v) is 10.9. The molecule has 0 aromatic rings.